The summed E-state index contributed by atoms with van der Waals surface area (Å²) in [6.07, 6.45) is 3.71. The van der Waals surface area contributed by atoms with E-state index >= 15 is 0 Å². The van der Waals surface area contributed by atoms with Crippen LogP contribution < -0.4 is 0 Å². The highest BCUT2D eigenvalue weighted by molar-refractivity contribution is 7.71. The van der Waals surface area contributed by atoms with Gasteiger partial charge in [0, 0.05) is 5.69 Å². The van der Waals surface area contributed by atoms with Gasteiger partial charge in [0.25, 0.3) is 0 Å². The molecule has 17 heavy (non-hydrogen) atoms. The first-order chi connectivity index (χ1) is 8.22. The summed E-state index contributed by atoms with van der Waals surface area (Å²) in [6, 6.07) is 8.62. The second-order valence-corrected chi connectivity index (χ2v) is 4.97. The largest absolute Gasteiger partial charge is 0.343 e. The molecule has 1 aromatic heterocycles. The molecule has 0 unspecified atom stereocenters. The average molecular weight is 242 g/mol. The third-order valence-electron chi connectivity index (χ3n) is 3.27. The Morgan fingerprint density at radius 3 is 2.82 bits per heavy atom. The minimum Gasteiger partial charge on any atom is -0.343 e. The normalized spacial score (nSPS) is 13.7. The highest BCUT2D eigenvalue weighted by atomic mass is 32.1. The molecule has 3 heteroatoms. The van der Waals surface area contributed by atoms with Crippen molar-refractivity contribution in [2.24, 2.45) is 0 Å². The van der Waals surface area contributed by atoms with Crippen molar-refractivity contribution in [1.29, 1.82) is 0 Å². The minimum atomic E-state index is 0.650. The van der Waals surface area contributed by atoms with Crippen molar-refractivity contribution in [3.63, 3.8) is 0 Å². The highest BCUT2D eigenvalue weighted by Gasteiger charge is 2.11. The molecule has 0 atom stereocenters. The third-order valence-corrected chi connectivity index (χ3v) is 3.48. The van der Waals surface area contributed by atoms with Crippen LogP contribution in [0.4, 0.5) is 0 Å². The molecule has 0 radical (unpaired) electrons. The second-order valence-electron chi connectivity index (χ2n) is 4.56. The zero-order chi connectivity index (χ0) is 11.8. The fraction of sp³-hybridized carbons (Fsp3) is 0.286. The molecule has 1 aliphatic rings. The van der Waals surface area contributed by atoms with E-state index in [9.17, 15) is 0 Å². The summed E-state index contributed by atoms with van der Waals surface area (Å²) >= 11 is 5.16. The van der Waals surface area contributed by atoms with E-state index < -0.39 is 0 Å². The molecule has 0 fully saturated rings. The Bertz CT molecular complexity index is 628. The number of fused-ring (bicyclic) bond motifs is 1. The molecule has 2 aromatic rings. The number of nitrogens with one attached hydrogen (secondary N) is 1. The topological polar surface area (TPSA) is 28.7 Å². The van der Waals surface area contributed by atoms with E-state index in [1.165, 1.54) is 36.0 Å². The Balaban J connectivity index is 2.12. The second kappa shape index (κ2) is 4.08. The van der Waals surface area contributed by atoms with Crippen molar-refractivity contribution < 1.29 is 0 Å². The van der Waals surface area contributed by atoms with E-state index in [4.69, 9.17) is 12.2 Å². The molecule has 0 spiro atoms. The maximum absolute atomic E-state index is 5.16. The number of nitrogens with zero attached hydrogens (tertiary/aromatic N) is 1. The van der Waals surface area contributed by atoms with Crippen LogP contribution in [-0.4, -0.2) is 9.97 Å². The molecule has 3 rings (SSSR count). The predicted octanol–water partition coefficient (Wildman–Crippen LogP) is 3.60. The number of aromatic nitrogens is 2. The quantitative estimate of drug-likeness (QED) is 0.774. The summed E-state index contributed by atoms with van der Waals surface area (Å²) < 4.78 is 0.650. The zero-order valence-electron chi connectivity index (χ0n) is 9.79. The maximum Gasteiger partial charge on any atom is 0.130 e. The van der Waals surface area contributed by atoms with Gasteiger partial charge < -0.3 is 4.98 Å². The Morgan fingerprint density at radius 2 is 2.00 bits per heavy atom. The van der Waals surface area contributed by atoms with Gasteiger partial charge in [0.1, 0.15) is 10.5 Å². The Kier molecular flexibility index (Phi) is 2.56. The van der Waals surface area contributed by atoms with Gasteiger partial charge in [0.2, 0.25) is 0 Å². The molecule has 0 aliphatic heterocycles. The number of aromatic amines is 1. The van der Waals surface area contributed by atoms with E-state index in [1.807, 2.05) is 13.0 Å². The van der Waals surface area contributed by atoms with E-state index in [2.05, 4.69) is 28.2 Å². The van der Waals surface area contributed by atoms with Crippen molar-refractivity contribution in [3.8, 4) is 11.3 Å². The molecule has 1 heterocycles. The van der Waals surface area contributed by atoms with Gasteiger partial charge in [-0.3, -0.25) is 0 Å². The molecule has 86 valence electrons. The fourth-order valence-corrected chi connectivity index (χ4v) is 2.73. The first kappa shape index (κ1) is 10.7. The monoisotopic (exact) mass is 242 g/mol. The lowest BCUT2D eigenvalue weighted by Crippen LogP contribution is -1.92. The molecule has 1 aliphatic carbocycles. The lowest BCUT2D eigenvalue weighted by molar-refractivity contribution is 0.912. The molecule has 2 nitrogen and oxygen atoms in total. The van der Waals surface area contributed by atoms with Gasteiger partial charge in [-0.2, -0.15) is 0 Å². The number of H-pyrrole nitrogens is 1. The summed E-state index contributed by atoms with van der Waals surface area (Å²) in [5.41, 5.74) is 5.26. The van der Waals surface area contributed by atoms with Gasteiger partial charge in [0.15, 0.2) is 0 Å². The number of hydrogen-bond acceptors (Lipinski definition) is 2. The van der Waals surface area contributed by atoms with Crippen LogP contribution in [0.3, 0.4) is 0 Å². The third kappa shape index (κ3) is 2.03. The average Bonchev–Trinajstić information content (AvgIpc) is 2.74. The molecule has 0 saturated carbocycles. The number of benzene rings is 1. The van der Waals surface area contributed by atoms with E-state index in [0.717, 1.165) is 11.5 Å². The number of hydrogen-bond donors (Lipinski definition) is 1. The zero-order valence-corrected chi connectivity index (χ0v) is 10.6. The van der Waals surface area contributed by atoms with Crippen LogP contribution >= 0.6 is 12.2 Å². The summed E-state index contributed by atoms with van der Waals surface area (Å²) in [4.78, 5) is 7.47. The van der Waals surface area contributed by atoms with E-state index in [1.54, 1.807) is 0 Å². The molecule has 0 amide bonds. The van der Waals surface area contributed by atoms with Crippen molar-refractivity contribution in [2.45, 2.75) is 26.2 Å². The van der Waals surface area contributed by atoms with Gasteiger partial charge >= 0.3 is 0 Å². The summed E-state index contributed by atoms with van der Waals surface area (Å²) in [5.74, 6) is 0.869. The minimum absolute atomic E-state index is 0.650. The Labute approximate surface area is 106 Å². The van der Waals surface area contributed by atoms with Crippen molar-refractivity contribution in [3.05, 3.63) is 45.9 Å². The molecule has 1 aromatic carbocycles. The Hall–Kier alpha value is -1.48. The maximum atomic E-state index is 5.16. The van der Waals surface area contributed by atoms with Crippen molar-refractivity contribution in [1.82, 2.24) is 9.97 Å². The van der Waals surface area contributed by atoms with Crippen LogP contribution in [0.15, 0.2) is 24.3 Å². The Morgan fingerprint density at radius 1 is 1.18 bits per heavy atom. The number of rotatable bonds is 1. The van der Waals surface area contributed by atoms with Gasteiger partial charge in [-0.15, -0.1) is 0 Å². The van der Waals surface area contributed by atoms with Crippen LogP contribution in [0.2, 0.25) is 0 Å². The fourth-order valence-electron chi connectivity index (χ4n) is 2.47. The van der Waals surface area contributed by atoms with Crippen LogP contribution in [0.25, 0.3) is 11.3 Å². The SMILES string of the molecule is Cc1nc(=S)cc(-c2ccc3c(c2)CCC3)[nH]1. The van der Waals surface area contributed by atoms with Crippen molar-refractivity contribution >= 4 is 12.2 Å². The smallest absolute Gasteiger partial charge is 0.130 e. The van der Waals surface area contributed by atoms with Gasteiger partial charge in [-0.1, -0.05) is 24.4 Å². The molecule has 1 N–H and O–H groups in total. The van der Waals surface area contributed by atoms with Crippen LogP contribution in [0.1, 0.15) is 23.4 Å². The van der Waals surface area contributed by atoms with Gasteiger partial charge in [-0.25, -0.2) is 4.98 Å². The number of aryl methyl sites for hydroxylation is 3. The highest BCUT2D eigenvalue weighted by Crippen LogP contribution is 2.27. The van der Waals surface area contributed by atoms with Crippen LogP contribution in [0.5, 0.6) is 0 Å². The lowest BCUT2D eigenvalue weighted by Gasteiger charge is -2.06. The van der Waals surface area contributed by atoms with Gasteiger partial charge in [-0.05, 0) is 55.0 Å². The molecular formula is C14H14N2S. The van der Waals surface area contributed by atoms with Crippen LogP contribution in [0, 0.1) is 11.6 Å². The van der Waals surface area contributed by atoms with E-state index in [-0.39, 0.29) is 0 Å². The van der Waals surface area contributed by atoms with Crippen molar-refractivity contribution in [2.75, 3.05) is 0 Å². The summed E-state index contributed by atoms with van der Waals surface area (Å²) in [7, 11) is 0. The van der Waals surface area contributed by atoms with E-state index in [0.29, 0.717) is 4.64 Å². The molecular weight excluding hydrogens is 228 g/mol. The predicted molar refractivity (Wildman–Crippen MR) is 71.6 cm³/mol. The first-order valence-corrected chi connectivity index (χ1v) is 6.33. The molecule has 0 bridgehead atoms. The molecule has 0 saturated heterocycles. The lowest BCUT2D eigenvalue weighted by atomic mass is 10.0. The standard InChI is InChI=1S/C14H14N2S/c1-9-15-13(8-14(17)16-9)12-6-5-10-3-2-4-11(10)7-12/h5-8H,2-4H2,1H3,(H,15,16,17). The van der Waals surface area contributed by atoms with Crippen LogP contribution in [-0.2, 0) is 12.8 Å². The van der Waals surface area contributed by atoms with Gasteiger partial charge in [0.05, 0.1) is 0 Å². The summed E-state index contributed by atoms with van der Waals surface area (Å²) in [6.45, 7) is 1.94. The summed E-state index contributed by atoms with van der Waals surface area (Å²) in [5, 5.41) is 0. The first-order valence-electron chi connectivity index (χ1n) is 5.92.